The lowest BCUT2D eigenvalue weighted by Gasteiger charge is -2.28. The Hall–Kier alpha value is -2.81. The maximum atomic E-state index is 13.1. The van der Waals surface area contributed by atoms with E-state index in [2.05, 4.69) is 5.32 Å². The third-order valence-corrected chi connectivity index (χ3v) is 5.26. The number of fused-ring (bicyclic) bond motifs is 1. The van der Waals surface area contributed by atoms with E-state index in [1.54, 1.807) is 30.0 Å². The molecule has 1 N–H and O–H groups in total. The van der Waals surface area contributed by atoms with Crippen LogP contribution in [0.1, 0.15) is 18.9 Å². The fraction of sp³-hybridized carbons (Fsp3) is 0.526. The molecule has 150 valence electrons. The smallest absolute Gasteiger partial charge is 0.325 e. The third-order valence-electron chi connectivity index (χ3n) is 5.26. The minimum absolute atomic E-state index is 0.269. The molecule has 0 saturated carbocycles. The van der Waals surface area contributed by atoms with E-state index in [9.17, 15) is 14.4 Å². The predicted molar refractivity (Wildman–Crippen MR) is 97.0 cm³/mol. The van der Waals surface area contributed by atoms with Crippen molar-refractivity contribution in [2.75, 3.05) is 46.1 Å². The lowest BCUT2D eigenvalue weighted by molar-refractivity contribution is -0.141. The van der Waals surface area contributed by atoms with Gasteiger partial charge in [0.15, 0.2) is 11.5 Å². The van der Waals surface area contributed by atoms with E-state index in [0.717, 1.165) is 11.3 Å². The molecule has 4 rings (SSSR count). The zero-order valence-electron chi connectivity index (χ0n) is 15.7. The number of hydrogen-bond donors (Lipinski definition) is 1. The van der Waals surface area contributed by atoms with Gasteiger partial charge in [-0.15, -0.1) is 0 Å². The van der Waals surface area contributed by atoms with Gasteiger partial charge >= 0.3 is 6.03 Å². The molecule has 3 aliphatic heterocycles. The van der Waals surface area contributed by atoms with Crippen molar-refractivity contribution in [2.45, 2.75) is 18.9 Å². The van der Waals surface area contributed by atoms with E-state index in [4.69, 9.17) is 14.2 Å². The van der Waals surface area contributed by atoms with E-state index in [1.165, 1.54) is 0 Å². The molecule has 2 saturated heterocycles. The minimum atomic E-state index is -1.27. The SMILES string of the molecule is CC1(c2ccc3c(c2)OCCCO3)NC(=O)N(CC(=O)N2CCOCC2)C1=O. The number of hydrogen-bond acceptors (Lipinski definition) is 6. The van der Waals surface area contributed by atoms with Gasteiger partial charge in [-0.2, -0.15) is 0 Å². The highest BCUT2D eigenvalue weighted by atomic mass is 16.5. The van der Waals surface area contributed by atoms with Crippen molar-refractivity contribution >= 4 is 17.8 Å². The minimum Gasteiger partial charge on any atom is -0.490 e. The quantitative estimate of drug-likeness (QED) is 0.755. The van der Waals surface area contributed by atoms with Crippen molar-refractivity contribution in [1.29, 1.82) is 0 Å². The molecule has 3 aliphatic rings. The predicted octanol–water partition coefficient (Wildman–Crippen LogP) is 0.474. The van der Waals surface area contributed by atoms with Gasteiger partial charge in [0.2, 0.25) is 5.91 Å². The standard InChI is InChI=1S/C19H23N3O6/c1-19(13-3-4-14-15(11-13)28-8-2-7-27-14)17(24)22(18(25)20-19)12-16(23)21-5-9-26-10-6-21/h3-4,11H,2,5-10,12H2,1H3,(H,20,25). The zero-order chi connectivity index (χ0) is 19.7. The average molecular weight is 389 g/mol. The summed E-state index contributed by atoms with van der Waals surface area (Å²) in [7, 11) is 0. The summed E-state index contributed by atoms with van der Waals surface area (Å²) < 4.78 is 16.5. The van der Waals surface area contributed by atoms with Gasteiger partial charge in [-0.05, 0) is 24.6 Å². The number of carbonyl (C=O) groups is 3. The summed E-state index contributed by atoms with van der Waals surface area (Å²) in [6, 6.07) is 4.61. The highest BCUT2D eigenvalue weighted by molar-refractivity contribution is 6.09. The fourth-order valence-corrected chi connectivity index (χ4v) is 3.56. The Bertz CT molecular complexity index is 807. The van der Waals surface area contributed by atoms with Gasteiger partial charge in [0, 0.05) is 19.5 Å². The van der Waals surface area contributed by atoms with Gasteiger partial charge < -0.3 is 24.4 Å². The van der Waals surface area contributed by atoms with Crippen molar-refractivity contribution < 1.29 is 28.6 Å². The van der Waals surface area contributed by atoms with Crippen LogP contribution in [-0.4, -0.2) is 73.7 Å². The number of nitrogens with zero attached hydrogens (tertiary/aromatic N) is 2. The summed E-state index contributed by atoms with van der Waals surface area (Å²) in [5.74, 6) is 0.422. The molecule has 3 heterocycles. The lowest BCUT2D eigenvalue weighted by Crippen LogP contribution is -2.47. The normalized spacial score (nSPS) is 24.8. The Morgan fingerprint density at radius 3 is 2.57 bits per heavy atom. The number of imide groups is 1. The number of morpholine rings is 1. The van der Waals surface area contributed by atoms with Gasteiger partial charge in [-0.1, -0.05) is 6.07 Å². The molecule has 1 aromatic carbocycles. The summed E-state index contributed by atoms with van der Waals surface area (Å²) in [5, 5.41) is 2.72. The lowest BCUT2D eigenvalue weighted by atomic mass is 9.91. The van der Waals surface area contributed by atoms with Crippen molar-refractivity contribution in [3.8, 4) is 11.5 Å². The summed E-state index contributed by atoms with van der Waals surface area (Å²) in [6.45, 7) is 4.27. The Labute approximate surface area is 162 Å². The van der Waals surface area contributed by atoms with Crippen LogP contribution in [0.25, 0.3) is 0 Å². The van der Waals surface area contributed by atoms with Crippen molar-refractivity contribution in [2.24, 2.45) is 0 Å². The van der Waals surface area contributed by atoms with Crippen LogP contribution in [0.3, 0.4) is 0 Å². The van der Waals surface area contributed by atoms with Crippen molar-refractivity contribution in [1.82, 2.24) is 15.1 Å². The molecular formula is C19H23N3O6. The monoisotopic (exact) mass is 389 g/mol. The molecule has 1 unspecified atom stereocenters. The van der Waals surface area contributed by atoms with Gasteiger partial charge in [0.25, 0.3) is 5.91 Å². The van der Waals surface area contributed by atoms with Crippen LogP contribution in [0.2, 0.25) is 0 Å². The first-order valence-electron chi connectivity index (χ1n) is 9.39. The molecule has 28 heavy (non-hydrogen) atoms. The van der Waals surface area contributed by atoms with E-state index >= 15 is 0 Å². The molecule has 1 atom stereocenters. The summed E-state index contributed by atoms with van der Waals surface area (Å²) >= 11 is 0. The Balaban J connectivity index is 1.54. The average Bonchev–Trinajstić information content (AvgIpc) is 2.88. The summed E-state index contributed by atoms with van der Waals surface area (Å²) in [5.41, 5.74) is -0.691. The maximum Gasteiger partial charge on any atom is 0.325 e. The number of rotatable bonds is 3. The fourth-order valence-electron chi connectivity index (χ4n) is 3.56. The molecule has 0 aromatic heterocycles. The Morgan fingerprint density at radius 2 is 1.82 bits per heavy atom. The van der Waals surface area contributed by atoms with E-state index < -0.39 is 17.5 Å². The molecule has 9 heteroatoms. The van der Waals surface area contributed by atoms with Crippen LogP contribution < -0.4 is 14.8 Å². The number of benzene rings is 1. The topological polar surface area (TPSA) is 97.4 Å². The molecule has 2 fully saturated rings. The first kappa shape index (κ1) is 18.5. The third kappa shape index (κ3) is 3.26. The highest BCUT2D eigenvalue weighted by Crippen LogP contribution is 2.36. The van der Waals surface area contributed by atoms with Crippen LogP contribution in [0.15, 0.2) is 18.2 Å². The first-order chi connectivity index (χ1) is 13.5. The molecule has 0 spiro atoms. The highest BCUT2D eigenvalue weighted by Gasteiger charge is 2.50. The molecule has 9 nitrogen and oxygen atoms in total. The molecule has 0 aliphatic carbocycles. The Kier molecular flexibility index (Phi) is 4.84. The molecule has 4 amide bonds. The van der Waals surface area contributed by atoms with Crippen LogP contribution in [0, 0.1) is 0 Å². The van der Waals surface area contributed by atoms with Crippen LogP contribution >= 0.6 is 0 Å². The summed E-state index contributed by atoms with van der Waals surface area (Å²) in [4.78, 5) is 40.6. The molecule has 0 bridgehead atoms. The van der Waals surface area contributed by atoms with E-state index in [0.29, 0.717) is 56.6 Å². The van der Waals surface area contributed by atoms with Crippen LogP contribution in [0.4, 0.5) is 4.79 Å². The number of nitrogens with one attached hydrogen (secondary N) is 1. The Morgan fingerprint density at radius 1 is 1.11 bits per heavy atom. The van der Waals surface area contributed by atoms with Crippen molar-refractivity contribution in [3.05, 3.63) is 23.8 Å². The number of ether oxygens (including phenoxy) is 3. The number of urea groups is 1. The summed E-state index contributed by atoms with van der Waals surface area (Å²) in [6.07, 6.45) is 0.772. The van der Waals surface area contributed by atoms with Crippen molar-refractivity contribution in [3.63, 3.8) is 0 Å². The second-order valence-electron chi connectivity index (χ2n) is 7.15. The van der Waals surface area contributed by atoms with Gasteiger partial charge in [0.05, 0.1) is 26.4 Å². The maximum absolute atomic E-state index is 13.1. The van der Waals surface area contributed by atoms with Crippen LogP contribution in [-0.2, 0) is 19.9 Å². The first-order valence-corrected chi connectivity index (χ1v) is 9.39. The second-order valence-corrected chi connectivity index (χ2v) is 7.15. The second kappa shape index (κ2) is 7.31. The molecule has 0 radical (unpaired) electrons. The number of carbonyl (C=O) groups excluding carboxylic acids is 3. The number of amides is 4. The van der Waals surface area contributed by atoms with Gasteiger partial charge in [-0.3, -0.25) is 14.5 Å². The molecular weight excluding hydrogens is 366 g/mol. The van der Waals surface area contributed by atoms with E-state index in [-0.39, 0.29) is 12.5 Å². The molecule has 1 aromatic rings. The largest absolute Gasteiger partial charge is 0.490 e. The van der Waals surface area contributed by atoms with E-state index in [1.807, 2.05) is 0 Å². The zero-order valence-corrected chi connectivity index (χ0v) is 15.7. The van der Waals surface area contributed by atoms with Gasteiger partial charge in [0.1, 0.15) is 12.1 Å². The van der Waals surface area contributed by atoms with Gasteiger partial charge in [-0.25, -0.2) is 4.79 Å². The van der Waals surface area contributed by atoms with Crippen LogP contribution in [0.5, 0.6) is 11.5 Å².